The number of aryl methyl sites for hydroxylation is 1. The van der Waals surface area contributed by atoms with Gasteiger partial charge >= 0.3 is 0 Å². The van der Waals surface area contributed by atoms with Gasteiger partial charge in [0.15, 0.2) is 0 Å². The molecule has 0 aromatic carbocycles. The van der Waals surface area contributed by atoms with E-state index in [1.807, 2.05) is 0 Å². The Morgan fingerprint density at radius 2 is 2.20 bits per heavy atom. The van der Waals surface area contributed by atoms with Gasteiger partial charge in [0, 0.05) is 13.0 Å². The fourth-order valence-corrected chi connectivity index (χ4v) is 3.64. The van der Waals surface area contributed by atoms with Gasteiger partial charge in [-0.05, 0) is 56.5 Å². The molecule has 1 aliphatic carbocycles. The molecule has 2 unspecified atom stereocenters. The third-order valence-electron chi connectivity index (χ3n) is 4.72. The van der Waals surface area contributed by atoms with Crippen LogP contribution in [0, 0.1) is 17.3 Å². The number of nitrogens with zero attached hydrogens (tertiary/aromatic N) is 3. The van der Waals surface area contributed by atoms with Gasteiger partial charge < -0.3 is 5.32 Å². The van der Waals surface area contributed by atoms with Crippen LogP contribution in [0.5, 0.6) is 0 Å². The molecule has 1 aliphatic rings. The Morgan fingerprint density at radius 1 is 1.40 bits per heavy atom. The van der Waals surface area contributed by atoms with Crippen molar-refractivity contribution in [2.24, 2.45) is 17.3 Å². The van der Waals surface area contributed by atoms with Crippen LogP contribution in [-0.4, -0.2) is 28.4 Å². The third kappa shape index (κ3) is 3.81. The Hall–Kier alpha value is -0.900. The van der Waals surface area contributed by atoms with Crippen LogP contribution in [0.2, 0.25) is 0 Å². The highest BCUT2D eigenvalue weighted by atomic mass is 15.3. The number of nitrogens with one attached hydrogen (secondary N) is 1. The highest BCUT2D eigenvalue weighted by Crippen LogP contribution is 2.42. The predicted molar refractivity (Wildman–Crippen MR) is 82.6 cm³/mol. The molecule has 0 radical (unpaired) electrons. The molecule has 20 heavy (non-hydrogen) atoms. The lowest BCUT2D eigenvalue weighted by molar-refractivity contribution is 0.115. The maximum absolute atomic E-state index is 4.50. The minimum atomic E-state index is 0.477. The van der Waals surface area contributed by atoms with Crippen molar-refractivity contribution in [3.8, 4) is 0 Å². The lowest BCUT2D eigenvalue weighted by atomic mass is 9.66. The summed E-state index contributed by atoms with van der Waals surface area (Å²) in [5.74, 6) is 2.68. The van der Waals surface area contributed by atoms with E-state index in [4.69, 9.17) is 0 Å². The van der Waals surface area contributed by atoms with Gasteiger partial charge in [0.25, 0.3) is 0 Å². The van der Waals surface area contributed by atoms with Gasteiger partial charge in [0.1, 0.15) is 12.2 Å². The molecule has 4 heteroatoms. The first kappa shape index (κ1) is 15.5. The highest BCUT2D eigenvalue weighted by molar-refractivity contribution is 4.94. The van der Waals surface area contributed by atoms with Gasteiger partial charge in [-0.1, -0.05) is 20.8 Å². The van der Waals surface area contributed by atoms with Gasteiger partial charge in [-0.2, -0.15) is 5.10 Å². The Kier molecular flexibility index (Phi) is 5.19. The molecule has 0 amide bonds. The fraction of sp³-hybridized carbons (Fsp3) is 0.875. The first-order valence-electron chi connectivity index (χ1n) is 8.07. The van der Waals surface area contributed by atoms with Crippen molar-refractivity contribution in [3.05, 3.63) is 12.2 Å². The average molecular weight is 278 g/mol. The molecule has 1 saturated carbocycles. The Labute approximate surface area is 123 Å². The van der Waals surface area contributed by atoms with E-state index in [0.29, 0.717) is 5.41 Å². The summed E-state index contributed by atoms with van der Waals surface area (Å²) in [6.45, 7) is 9.13. The smallest absolute Gasteiger partial charge is 0.138 e. The third-order valence-corrected chi connectivity index (χ3v) is 4.72. The van der Waals surface area contributed by atoms with Gasteiger partial charge in [0.05, 0.1) is 0 Å². The zero-order valence-corrected chi connectivity index (χ0v) is 13.5. The maximum Gasteiger partial charge on any atom is 0.138 e. The highest BCUT2D eigenvalue weighted by Gasteiger charge is 2.35. The molecule has 0 bridgehead atoms. The second-order valence-electron chi connectivity index (χ2n) is 7.09. The van der Waals surface area contributed by atoms with Crippen LogP contribution in [0.3, 0.4) is 0 Å². The Morgan fingerprint density at radius 3 is 2.90 bits per heavy atom. The van der Waals surface area contributed by atoms with E-state index >= 15 is 0 Å². The van der Waals surface area contributed by atoms with Gasteiger partial charge in [-0.25, -0.2) is 4.98 Å². The molecule has 1 fully saturated rings. The number of hydrogen-bond acceptors (Lipinski definition) is 3. The second kappa shape index (κ2) is 6.70. The molecular formula is C16H30N4. The molecule has 1 N–H and O–H groups in total. The molecule has 1 heterocycles. The van der Waals surface area contributed by atoms with Crippen molar-refractivity contribution < 1.29 is 0 Å². The topological polar surface area (TPSA) is 42.7 Å². The van der Waals surface area contributed by atoms with Gasteiger partial charge in [-0.3, -0.25) is 4.68 Å². The second-order valence-corrected chi connectivity index (χ2v) is 7.09. The molecule has 0 aliphatic heterocycles. The monoisotopic (exact) mass is 278 g/mol. The molecule has 2 atom stereocenters. The quantitative estimate of drug-likeness (QED) is 0.870. The first-order valence-corrected chi connectivity index (χ1v) is 8.07. The normalized spacial score (nSPS) is 25.8. The molecular weight excluding hydrogens is 248 g/mol. The average Bonchev–Trinajstić information content (AvgIpc) is 2.80. The van der Waals surface area contributed by atoms with E-state index < -0.39 is 0 Å². The maximum atomic E-state index is 4.50. The van der Waals surface area contributed by atoms with Crippen molar-refractivity contribution in [1.82, 2.24) is 20.1 Å². The van der Waals surface area contributed by atoms with E-state index in [-0.39, 0.29) is 0 Å². The van der Waals surface area contributed by atoms with Crippen LogP contribution in [-0.2, 0) is 13.0 Å². The van der Waals surface area contributed by atoms with E-state index in [1.165, 1.54) is 25.1 Å². The van der Waals surface area contributed by atoms with Gasteiger partial charge in [-0.15, -0.1) is 0 Å². The van der Waals surface area contributed by atoms with Crippen LogP contribution >= 0.6 is 0 Å². The number of aromatic nitrogens is 3. The summed E-state index contributed by atoms with van der Waals surface area (Å²) in [5, 5.41) is 7.74. The number of rotatable bonds is 6. The zero-order valence-electron chi connectivity index (χ0n) is 13.5. The van der Waals surface area contributed by atoms with Crippen LogP contribution < -0.4 is 5.32 Å². The van der Waals surface area contributed by atoms with E-state index in [2.05, 4.69) is 47.9 Å². The molecule has 4 nitrogen and oxygen atoms in total. The van der Waals surface area contributed by atoms with Crippen LogP contribution in [0.25, 0.3) is 0 Å². The van der Waals surface area contributed by atoms with Crippen LogP contribution in [0.1, 0.15) is 52.3 Å². The lowest BCUT2D eigenvalue weighted by Crippen LogP contribution is -2.36. The van der Waals surface area contributed by atoms with Gasteiger partial charge in [0.2, 0.25) is 0 Å². The van der Waals surface area contributed by atoms with Crippen LogP contribution in [0.15, 0.2) is 6.33 Å². The summed E-state index contributed by atoms with van der Waals surface area (Å²) in [4.78, 5) is 4.50. The minimum Gasteiger partial charge on any atom is -0.319 e. The standard InChI is InChI=1S/C16H30N4/c1-5-8-20-15(18-12-19-20)9-14-10-16(2,3)7-6-13(14)11-17-4/h12-14,17H,5-11H2,1-4H3. The summed E-state index contributed by atoms with van der Waals surface area (Å²) in [5.41, 5.74) is 0.477. The fourth-order valence-electron chi connectivity index (χ4n) is 3.64. The lowest BCUT2D eigenvalue weighted by Gasteiger charge is -2.40. The molecule has 1 aromatic heterocycles. The summed E-state index contributed by atoms with van der Waals surface area (Å²) >= 11 is 0. The molecule has 1 aromatic rings. The largest absolute Gasteiger partial charge is 0.319 e. The SMILES string of the molecule is CCCn1ncnc1CC1CC(C)(C)CCC1CNC. The van der Waals surface area contributed by atoms with E-state index in [0.717, 1.165) is 37.8 Å². The predicted octanol–water partition coefficient (Wildman–Crippen LogP) is 2.89. The minimum absolute atomic E-state index is 0.477. The molecule has 0 saturated heterocycles. The number of hydrogen-bond donors (Lipinski definition) is 1. The van der Waals surface area contributed by atoms with E-state index in [9.17, 15) is 0 Å². The van der Waals surface area contributed by atoms with Crippen molar-refractivity contribution >= 4 is 0 Å². The Balaban J connectivity index is 2.08. The molecule has 114 valence electrons. The van der Waals surface area contributed by atoms with Crippen molar-refractivity contribution in [3.63, 3.8) is 0 Å². The Bertz CT molecular complexity index is 410. The molecule has 2 rings (SSSR count). The molecule has 0 spiro atoms. The van der Waals surface area contributed by atoms with Crippen LogP contribution in [0.4, 0.5) is 0 Å². The van der Waals surface area contributed by atoms with Crippen molar-refractivity contribution in [2.75, 3.05) is 13.6 Å². The summed E-state index contributed by atoms with van der Waals surface area (Å²) in [7, 11) is 2.07. The summed E-state index contributed by atoms with van der Waals surface area (Å²) < 4.78 is 2.10. The zero-order chi connectivity index (χ0) is 14.6. The van der Waals surface area contributed by atoms with Crippen molar-refractivity contribution in [1.29, 1.82) is 0 Å². The summed E-state index contributed by atoms with van der Waals surface area (Å²) in [6, 6.07) is 0. The van der Waals surface area contributed by atoms with E-state index in [1.54, 1.807) is 6.33 Å². The summed E-state index contributed by atoms with van der Waals surface area (Å²) in [6.07, 6.45) is 7.89. The van der Waals surface area contributed by atoms with Crippen molar-refractivity contribution in [2.45, 2.75) is 59.4 Å². The first-order chi connectivity index (χ1) is 9.55.